The van der Waals surface area contributed by atoms with Gasteiger partial charge >= 0.3 is 6.18 Å². The molecule has 1 amide bonds. The Hall–Kier alpha value is -2.12. The molecule has 2 aromatic rings. The summed E-state index contributed by atoms with van der Waals surface area (Å²) in [5, 5.41) is 4.19. The standard InChI is InChI=1S/C17H19F3N4O/c1-2-11-8-14(17(18,19)20)24-15(21-11)9-12(22-24)13-4-3-7-23(13)16(25)10-5-6-10/h8-10,13H,2-7H2,1H3/t13-/m1/s1. The maximum absolute atomic E-state index is 13.4. The van der Waals surface area contributed by atoms with Gasteiger partial charge in [0.1, 0.15) is 5.69 Å². The second kappa shape index (κ2) is 5.71. The van der Waals surface area contributed by atoms with Gasteiger partial charge in [0, 0.05) is 24.2 Å². The van der Waals surface area contributed by atoms with Gasteiger partial charge in [-0.25, -0.2) is 9.50 Å². The molecule has 3 heterocycles. The van der Waals surface area contributed by atoms with E-state index in [4.69, 9.17) is 0 Å². The Morgan fingerprint density at radius 2 is 2.04 bits per heavy atom. The molecule has 0 unspecified atom stereocenters. The van der Waals surface area contributed by atoms with Crippen molar-refractivity contribution in [1.29, 1.82) is 0 Å². The van der Waals surface area contributed by atoms with Crippen LogP contribution in [-0.2, 0) is 17.4 Å². The van der Waals surface area contributed by atoms with Crippen molar-refractivity contribution in [3.8, 4) is 0 Å². The van der Waals surface area contributed by atoms with Crippen molar-refractivity contribution in [3.63, 3.8) is 0 Å². The molecule has 2 fully saturated rings. The minimum Gasteiger partial charge on any atom is -0.334 e. The number of nitrogens with zero attached hydrogens (tertiary/aromatic N) is 4. The Kier molecular flexibility index (Phi) is 3.73. The molecule has 0 aromatic carbocycles. The summed E-state index contributed by atoms with van der Waals surface area (Å²) in [6, 6.07) is 2.39. The van der Waals surface area contributed by atoms with Gasteiger partial charge in [0.05, 0.1) is 11.7 Å². The van der Waals surface area contributed by atoms with Gasteiger partial charge in [-0.2, -0.15) is 18.3 Å². The summed E-state index contributed by atoms with van der Waals surface area (Å²) in [5.74, 6) is 0.200. The van der Waals surface area contributed by atoms with Crippen LogP contribution in [0.5, 0.6) is 0 Å². The molecule has 1 aliphatic carbocycles. The van der Waals surface area contributed by atoms with Crippen LogP contribution in [0.4, 0.5) is 13.2 Å². The predicted molar refractivity (Wildman–Crippen MR) is 83.8 cm³/mol. The van der Waals surface area contributed by atoms with E-state index in [1.807, 2.05) is 0 Å². The highest BCUT2D eigenvalue weighted by Crippen LogP contribution is 2.39. The Morgan fingerprint density at radius 1 is 1.28 bits per heavy atom. The molecule has 0 bridgehead atoms. The summed E-state index contributed by atoms with van der Waals surface area (Å²) >= 11 is 0. The molecule has 1 saturated carbocycles. The Balaban J connectivity index is 1.76. The zero-order valence-electron chi connectivity index (χ0n) is 13.9. The topological polar surface area (TPSA) is 50.5 Å². The normalized spacial score (nSPS) is 21.3. The van der Waals surface area contributed by atoms with Crippen molar-refractivity contribution < 1.29 is 18.0 Å². The van der Waals surface area contributed by atoms with Crippen LogP contribution < -0.4 is 0 Å². The first-order valence-electron chi connectivity index (χ1n) is 8.65. The Labute approximate surface area is 142 Å². The number of amides is 1. The third kappa shape index (κ3) is 2.87. The lowest BCUT2D eigenvalue weighted by Crippen LogP contribution is -2.31. The first-order valence-corrected chi connectivity index (χ1v) is 8.65. The molecule has 2 aromatic heterocycles. The van der Waals surface area contributed by atoms with E-state index in [0.29, 0.717) is 24.4 Å². The number of aromatic nitrogens is 3. The average molecular weight is 352 g/mol. The van der Waals surface area contributed by atoms with Crippen LogP contribution in [0.3, 0.4) is 0 Å². The maximum atomic E-state index is 13.4. The van der Waals surface area contributed by atoms with Crippen LogP contribution in [0.15, 0.2) is 12.1 Å². The molecule has 1 atom stereocenters. The van der Waals surface area contributed by atoms with E-state index in [-0.39, 0.29) is 23.5 Å². The highest BCUT2D eigenvalue weighted by molar-refractivity contribution is 5.81. The Bertz CT molecular complexity index is 825. The van der Waals surface area contributed by atoms with Crippen molar-refractivity contribution in [2.24, 2.45) is 5.92 Å². The van der Waals surface area contributed by atoms with E-state index >= 15 is 0 Å². The molecule has 5 nitrogen and oxygen atoms in total. The molecule has 0 N–H and O–H groups in total. The lowest BCUT2D eigenvalue weighted by atomic mass is 10.1. The number of rotatable bonds is 3. The summed E-state index contributed by atoms with van der Waals surface area (Å²) in [6.45, 7) is 2.41. The second-order valence-corrected chi connectivity index (χ2v) is 6.79. The minimum atomic E-state index is -4.51. The largest absolute Gasteiger partial charge is 0.433 e. The fourth-order valence-corrected chi connectivity index (χ4v) is 3.49. The van der Waals surface area contributed by atoms with Gasteiger partial charge in [-0.15, -0.1) is 0 Å². The number of aryl methyl sites for hydroxylation is 1. The number of halogens is 3. The van der Waals surface area contributed by atoms with Crippen molar-refractivity contribution in [2.75, 3.05) is 6.54 Å². The Morgan fingerprint density at radius 3 is 2.68 bits per heavy atom. The first-order chi connectivity index (χ1) is 11.9. The van der Waals surface area contributed by atoms with Crippen LogP contribution >= 0.6 is 0 Å². The SMILES string of the molecule is CCc1cc(C(F)(F)F)n2nc([C@H]3CCCN3C(=O)C3CC3)cc2n1. The number of carbonyl (C=O) groups is 1. The van der Waals surface area contributed by atoms with E-state index in [0.717, 1.165) is 36.3 Å². The summed E-state index contributed by atoms with van der Waals surface area (Å²) in [6.07, 6.45) is -0.704. The van der Waals surface area contributed by atoms with Crippen LogP contribution in [0, 0.1) is 5.92 Å². The molecule has 1 saturated heterocycles. The molecular formula is C17H19F3N4O. The van der Waals surface area contributed by atoms with E-state index in [2.05, 4.69) is 10.1 Å². The predicted octanol–water partition coefficient (Wildman–Crippen LogP) is 3.38. The molecule has 8 heteroatoms. The van der Waals surface area contributed by atoms with Crippen molar-refractivity contribution >= 4 is 11.6 Å². The van der Waals surface area contributed by atoms with E-state index in [1.165, 1.54) is 0 Å². The van der Waals surface area contributed by atoms with Gasteiger partial charge in [0.15, 0.2) is 5.65 Å². The average Bonchev–Trinajstić information content (AvgIpc) is 3.15. The van der Waals surface area contributed by atoms with Gasteiger partial charge in [-0.3, -0.25) is 4.79 Å². The van der Waals surface area contributed by atoms with Crippen molar-refractivity contribution in [3.05, 3.63) is 29.2 Å². The molecule has 134 valence electrons. The molecule has 0 radical (unpaired) electrons. The summed E-state index contributed by atoms with van der Waals surface area (Å²) in [4.78, 5) is 18.5. The summed E-state index contributed by atoms with van der Waals surface area (Å²) in [7, 11) is 0. The van der Waals surface area contributed by atoms with Crippen LogP contribution in [0.25, 0.3) is 5.65 Å². The minimum absolute atomic E-state index is 0.0909. The monoisotopic (exact) mass is 352 g/mol. The van der Waals surface area contributed by atoms with E-state index in [9.17, 15) is 18.0 Å². The lowest BCUT2D eigenvalue weighted by molar-refractivity contribution is -0.142. The van der Waals surface area contributed by atoms with Gasteiger partial charge in [-0.05, 0) is 38.2 Å². The second-order valence-electron chi connectivity index (χ2n) is 6.79. The zero-order valence-corrected chi connectivity index (χ0v) is 13.9. The number of likely N-dealkylation sites (tertiary alicyclic amines) is 1. The quantitative estimate of drug-likeness (QED) is 0.851. The molecule has 25 heavy (non-hydrogen) atoms. The van der Waals surface area contributed by atoms with Crippen LogP contribution in [0.2, 0.25) is 0 Å². The molecule has 0 spiro atoms. The van der Waals surface area contributed by atoms with Crippen molar-refractivity contribution in [2.45, 2.75) is 51.2 Å². The third-order valence-corrected chi connectivity index (χ3v) is 4.96. The van der Waals surface area contributed by atoms with Crippen molar-refractivity contribution in [1.82, 2.24) is 19.5 Å². The summed E-state index contributed by atoms with van der Waals surface area (Å²) < 4.78 is 41.0. The molecular weight excluding hydrogens is 333 g/mol. The first kappa shape index (κ1) is 16.4. The number of hydrogen-bond donors (Lipinski definition) is 0. The van der Waals surface area contributed by atoms with Crippen LogP contribution in [-0.4, -0.2) is 31.9 Å². The fraction of sp³-hybridized carbons (Fsp3) is 0.588. The third-order valence-electron chi connectivity index (χ3n) is 4.96. The molecule has 4 rings (SSSR count). The molecule has 2 aliphatic rings. The number of hydrogen-bond acceptors (Lipinski definition) is 3. The smallest absolute Gasteiger partial charge is 0.334 e. The van der Waals surface area contributed by atoms with E-state index in [1.54, 1.807) is 17.9 Å². The highest BCUT2D eigenvalue weighted by Gasteiger charge is 2.40. The number of alkyl halides is 3. The fourth-order valence-electron chi connectivity index (χ4n) is 3.49. The van der Waals surface area contributed by atoms with Gasteiger partial charge in [-0.1, -0.05) is 6.92 Å². The lowest BCUT2D eigenvalue weighted by Gasteiger charge is -2.23. The van der Waals surface area contributed by atoms with Gasteiger partial charge in [0.25, 0.3) is 0 Å². The number of fused-ring (bicyclic) bond motifs is 1. The summed E-state index contributed by atoms with van der Waals surface area (Å²) in [5.41, 5.74) is 0.243. The van der Waals surface area contributed by atoms with Gasteiger partial charge < -0.3 is 4.90 Å². The number of carbonyl (C=O) groups excluding carboxylic acids is 1. The van der Waals surface area contributed by atoms with Crippen LogP contribution in [0.1, 0.15) is 55.7 Å². The zero-order chi connectivity index (χ0) is 17.8. The van der Waals surface area contributed by atoms with E-state index < -0.39 is 11.9 Å². The maximum Gasteiger partial charge on any atom is 0.433 e. The van der Waals surface area contributed by atoms with Gasteiger partial charge in [0.2, 0.25) is 5.91 Å². The highest BCUT2D eigenvalue weighted by atomic mass is 19.4. The molecule has 1 aliphatic heterocycles.